The minimum Gasteiger partial charge on any atom is -0.493 e. The zero-order valence-electron chi connectivity index (χ0n) is 22.1. The number of aliphatic hydroxyl groups is 1. The van der Waals surface area contributed by atoms with Gasteiger partial charge in [-0.1, -0.05) is 37.3 Å². The molecule has 2 aliphatic heterocycles. The summed E-state index contributed by atoms with van der Waals surface area (Å²) in [6.45, 7) is 6.86. The summed E-state index contributed by atoms with van der Waals surface area (Å²) in [5.41, 5.74) is 1.52. The van der Waals surface area contributed by atoms with Gasteiger partial charge in [-0.2, -0.15) is 0 Å². The van der Waals surface area contributed by atoms with Gasteiger partial charge in [0.1, 0.15) is 5.75 Å². The average molecular weight is 519 g/mol. The van der Waals surface area contributed by atoms with Crippen LogP contribution in [0.25, 0.3) is 0 Å². The van der Waals surface area contributed by atoms with Gasteiger partial charge in [-0.25, -0.2) is 0 Å². The molecule has 4 rings (SSSR count). The van der Waals surface area contributed by atoms with Crippen LogP contribution in [0.15, 0.2) is 12.1 Å². The number of amides is 2. The SMILES string of the molecule is Cc1cc(OCC2(CC(=O)N3CCC(O)CC3)CCCN(C(=O)C3CCCCCC3)C2)cc(C)c1Cl. The van der Waals surface area contributed by atoms with E-state index in [1.807, 2.05) is 35.8 Å². The summed E-state index contributed by atoms with van der Waals surface area (Å²) in [5, 5.41) is 10.6. The Hall–Kier alpha value is -1.79. The summed E-state index contributed by atoms with van der Waals surface area (Å²) in [6, 6.07) is 3.91. The number of piperidine rings is 2. The number of carbonyl (C=O) groups is 2. The summed E-state index contributed by atoms with van der Waals surface area (Å²) in [5.74, 6) is 1.25. The summed E-state index contributed by atoms with van der Waals surface area (Å²) in [6.07, 6.45) is 9.72. The number of hydrogen-bond donors (Lipinski definition) is 1. The lowest BCUT2D eigenvalue weighted by atomic mass is 9.76. The van der Waals surface area contributed by atoms with Crippen LogP contribution in [0.5, 0.6) is 5.75 Å². The van der Waals surface area contributed by atoms with Crippen molar-refractivity contribution < 1.29 is 19.4 Å². The fourth-order valence-corrected chi connectivity index (χ4v) is 6.38. The van der Waals surface area contributed by atoms with Crippen LogP contribution in [0.3, 0.4) is 0 Å². The van der Waals surface area contributed by atoms with E-state index in [2.05, 4.69) is 0 Å². The molecule has 1 unspecified atom stereocenters. The highest BCUT2D eigenvalue weighted by molar-refractivity contribution is 6.32. The van der Waals surface area contributed by atoms with Crippen molar-refractivity contribution in [1.82, 2.24) is 9.80 Å². The number of benzene rings is 1. The second-order valence-electron chi connectivity index (χ2n) is 11.5. The van der Waals surface area contributed by atoms with Crippen LogP contribution in [-0.4, -0.2) is 65.6 Å². The quantitative estimate of drug-likeness (QED) is 0.519. The first-order valence-corrected chi connectivity index (χ1v) is 14.3. The summed E-state index contributed by atoms with van der Waals surface area (Å²) in [4.78, 5) is 30.9. The predicted molar refractivity (Wildman–Crippen MR) is 142 cm³/mol. The maximum atomic E-state index is 13.6. The van der Waals surface area contributed by atoms with Gasteiger partial charge in [0.25, 0.3) is 0 Å². The van der Waals surface area contributed by atoms with Gasteiger partial charge in [-0.3, -0.25) is 9.59 Å². The minimum atomic E-state index is -0.423. The molecule has 2 amide bonds. The first kappa shape index (κ1) is 27.3. The molecule has 7 heteroatoms. The zero-order chi connectivity index (χ0) is 25.7. The second kappa shape index (κ2) is 12.2. The molecule has 3 fully saturated rings. The largest absolute Gasteiger partial charge is 0.493 e. The van der Waals surface area contributed by atoms with Gasteiger partial charge in [0.15, 0.2) is 0 Å². The second-order valence-corrected chi connectivity index (χ2v) is 11.9. The smallest absolute Gasteiger partial charge is 0.225 e. The number of rotatable bonds is 6. The lowest BCUT2D eigenvalue weighted by Gasteiger charge is -2.44. The summed E-state index contributed by atoms with van der Waals surface area (Å²) in [7, 11) is 0. The molecule has 36 heavy (non-hydrogen) atoms. The van der Waals surface area contributed by atoms with E-state index < -0.39 is 5.41 Å². The van der Waals surface area contributed by atoms with Crippen molar-refractivity contribution in [2.24, 2.45) is 11.3 Å². The Morgan fingerprint density at radius 3 is 2.25 bits per heavy atom. The number of carbonyl (C=O) groups excluding carboxylic acids is 2. The third-order valence-electron chi connectivity index (χ3n) is 8.48. The molecule has 2 saturated heterocycles. The van der Waals surface area contributed by atoms with Crippen molar-refractivity contribution in [3.63, 3.8) is 0 Å². The van der Waals surface area contributed by atoms with Crippen LogP contribution >= 0.6 is 11.6 Å². The summed E-state index contributed by atoms with van der Waals surface area (Å²) < 4.78 is 6.36. The molecule has 1 N–H and O–H groups in total. The van der Waals surface area contributed by atoms with E-state index in [1.165, 1.54) is 12.8 Å². The van der Waals surface area contributed by atoms with Gasteiger partial charge >= 0.3 is 0 Å². The van der Waals surface area contributed by atoms with E-state index in [9.17, 15) is 14.7 Å². The van der Waals surface area contributed by atoms with Gasteiger partial charge in [-0.05, 0) is 75.6 Å². The average Bonchev–Trinajstić information content (AvgIpc) is 3.16. The number of aliphatic hydroxyl groups excluding tert-OH is 1. The van der Waals surface area contributed by atoms with Crippen molar-refractivity contribution in [2.75, 3.05) is 32.8 Å². The third kappa shape index (κ3) is 6.74. The third-order valence-corrected chi connectivity index (χ3v) is 9.07. The molecule has 1 aromatic carbocycles. The highest BCUT2D eigenvalue weighted by Crippen LogP contribution is 2.38. The van der Waals surface area contributed by atoms with E-state index >= 15 is 0 Å². The first-order chi connectivity index (χ1) is 17.3. The molecule has 0 aromatic heterocycles. The van der Waals surface area contributed by atoms with Gasteiger partial charge in [0.05, 0.1) is 12.7 Å². The van der Waals surface area contributed by atoms with Crippen molar-refractivity contribution in [3.8, 4) is 5.75 Å². The lowest BCUT2D eigenvalue weighted by molar-refractivity contribution is -0.145. The van der Waals surface area contributed by atoms with Gasteiger partial charge < -0.3 is 19.6 Å². The molecule has 1 atom stereocenters. The number of ether oxygens (including phenoxy) is 1. The molecule has 1 aliphatic carbocycles. The molecule has 0 spiro atoms. The van der Waals surface area contributed by atoms with Crippen LogP contribution in [0.1, 0.15) is 81.8 Å². The monoisotopic (exact) mass is 518 g/mol. The Labute approximate surface area is 221 Å². The normalized spacial score (nSPS) is 24.4. The number of nitrogens with zero attached hydrogens (tertiary/aromatic N) is 2. The molecule has 200 valence electrons. The molecule has 1 saturated carbocycles. The number of likely N-dealkylation sites (tertiary alicyclic amines) is 2. The maximum absolute atomic E-state index is 13.6. The fourth-order valence-electron chi connectivity index (χ4n) is 6.27. The Morgan fingerprint density at radius 2 is 1.61 bits per heavy atom. The molecular weight excluding hydrogens is 476 g/mol. The Balaban J connectivity index is 1.51. The molecule has 2 heterocycles. The Morgan fingerprint density at radius 1 is 0.972 bits per heavy atom. The van der Waals surface area contributed by atoms with Gasteiger partial charge in [0, 0.05) is 49.0 Å². The zero-order valence-corrected chi connectivity index (χ0v) is 22.8. The number of halogens is 1. The molecule has 0 radical (unpaired) electrons. The highest BCUT2D eigenvalue weighted by Gasteiger charge is 2.42. The summed E-state index contributed by atoms with van der Waals surface area (Å²) >= 11 is 6.36. The predicted octanol–water partition coefficient (Wildman–Crippen LogP) is 5.29. The standard InChI is InChI=1S/C29H43ClN2O4/c1-21-16-25(17-22(2)27(21)30)36-20-29(18-26(34)31-14-10-24(33)11-15-31)12-7-13-32(19-29)28(35)23-8-5-3-4-6-9-23/h16-17,23-24,33H,3-15,18-20H2,1-2H3. The number of hydrogen-bond acceptors (Lipinski definition) is 4. The van der Waals surface area contributed by atoms with Crippen LogP contribution < -0.4 is 4.74 Å². The molecule has 3 aliphatic rings. The van der Waals surface area contributed by atoms with Crippen LogP contribution in [0, 0.1) is 25.2 Å². The molecule has 6 nitrogen and oxygen atoms in total. The van der Waals surface area contributed by atoms with E-state index in [0.717, 1.165) is 67.0 Å². The van der Waals surface area contributed by atoms with E-state index in [-0.39, 0.29) is 23.8 Å². The van der Waals surface area contributed by atoms with Gasteiger partial charge in [0.2, 0.25) is 11.8 Å². The van der Waals surface area contributed by atoms with E-state index in [1.54, 1.807) is 0 Å². The molecular formula is C29H43ClN2O4. The Bertz CT molecular complexity index is 899. The lowest BCUT2D eigenvalue weighted by Crippen LogP contribution is -2.52. The van der Waals surface area contributed by atoms with Crippen LogP contribution in [-0.2, 0) is 9.59 Å². The van der Waals surface area contributed by atoms with Crippen molar-refractivity contribution in [3.05, 3.63) is 28.3 Å². The fraction of sp³-hybridized carbons (Fsp3) is 0.724. The number of aryl methyl sites for hydroxylation is 2. The van der Waals surface area contributed by atoms with Crippen LogP contribution in [0.4, 0.5) is 0 Å². The Kier molecular flexibility index (Phi) is 9.21. The van der Waals surface area contributed by atoms with Crippen LogP contribution in [0.2, 0.25) is 5.02 Å². The van der Waals surface area contributed by atoms with E-state index in [4.69, 9.17) is 16.3 Å². The molecule has 1 aromatic rings. The van der Waals surface area contributed by atoms with Crippen molar-refractivity contribution in [1.29, 1.82) is 0 Å². The highest BCUT2D eigenvalue weighted by atomic mass is 35.5. The van der Waals surface area contributed by atoms with Gasteiger partial charge in [-0.15, -0.1) is 0 Å². The van der Waals surface area contributed by atoms with Crippen molar-refractivity contribution in [2.45, 2.75) is 90.6 Å². The topological polar surface area (TPSA) is 70.1 Å². The molecule has 0 bridgehead atoms. The first-order valence-electron chi connectivity index (χ1n) is 13.9. The minimum absolute atomic E-state index is 0.109. The van der Waals surface area contributed by atoms with E-state index in [0.29, 0.717) is 45.5 Å². The maximum Gasteiger partial charge on any atom is 0.225 e. The van der Waals surface area contributed by atoms with Crippen molar-refractivity contribution >= 4 is 23.4 Å².